The molecule has 0 radical (unpaired) electrons. The van der Waals surface area contributed by atoms with Crippen LogP contribution in [0.25, 0.3) is 0 Å². The minimum Gasteiger partial charge on any atom is -0.449 e. The molecule has 3 nitrogen and oxygen atoms in total. The molecule has 1 atom stereocenters. The Labute approximate surface area is 83.7 Å². The molecule has 1 N–H and O–H groups in total. The molecule has 0 amide bonds. The fraction of sp³-hybridized carbons (Fsp3) is 0.364. The smallest absolute Gasteiger partial charge is 0.203 e. The highest BCUT2D eigenvalue weighted by molar-refractivity contribution is 5.18. The zero-order valence-electron chi connectivity index (χ0n) is 8.08. The molecule has 1 heterocycles. The lowest BCUT2D eigenvalue weighted by Crippen LogP contribution is -2.24. The van der Waals surface area contributed by atoms with Crippen molar-refractivity contribution in [3.8, 4) is 18.4 Å². The fourth-order valence-corrected chi connectivity index (χ4v) is 1.06. The van der Waals surface area contributed by atoms with Gasteiger partial charge >= 0.3 is 0 Å². The van der Waals surface area contributed by atoms with Gasteiger partial charge in [0.05, 0.1) is 6.54 Å². The molecule has 0 aliphatic carbocycles. The van der Waals surface area contributed by atoms with Gasteiger partial charge in [0.1, 0.15) is 11.8 Å². The van der Waals surface area contributed by atoms with E-state index < -0.39 is 0 Å². The van der Waals surface area contributed by atoms with Gasteiger partial charge in [0.15, 0.2) is 0 Å². The maximum atomic E-state index is 8.52. The predicted molar refractivity (Wildman–Crippen MR) is 53.2 cm³/mol. The quantitative estimate of drug-likeness (QED) is 0.731. The third kappa shape index (κ3) is 2.97. The van der Waals surface area contributed by atoms with Gasteiger partial charge in [-0.15, -0.1) is 12.3 Å². The van der Waals surface area contributed by atoms with Crippen molar-refractivity contribution in [2.75, 3.05) is 0 Å². The second kappa shape index (κ2) is 5.11. The highest BCUT2D eigenvalue weighted by atomic mass is 16.3. The van der Waals surface area contributed by atoms with Crippen LogP contribution >= 0.6 is 0 Å². The number of nitrogens with one attached hydrogen (secondary N) is 1. The second-order valence-electron chi connectivity index (χ2n) is 3.07. The minimum absolute atomic E-state index is 0.260. The van der Waals surface area contributed by atoms with Crippen LogP contribution in [0, 0.1) is 23.7 Å². The van der Waals surface area contributed by atoms with Crippen LogP contribution in [-0.4, -0.2) is 6.04 Å². The van der Waals surface area contributed by atoms with Crippen molar-refractivity contribution in [1.82, 2.24) is 5.32 Å². The molecule has 3 heteroatoms. The van der Waals surface area contributed by atoms with E-state index in [9.17, 15) is 0 Å². The summed E-state index contributed by atoms with van der Waals surface area (Å²) in [7, 11) is 0. The van der Waals surface area contributed by atoms with Crippen molar-refractivity contribution in [2.45, 2.75) is 25.9 Å². The number of rotatable bonds is 4. The molecule has 1 aromatic rings. The maximum Gasteiger partial charge on any atom is 0.203 e. The summed E-state index contributed by atoms with van der Waals surface area (Å²) in [5.74, 6) is 3.67. The van der Waals surface area contributed by atoms with Crippen molar-refractivity contribution in [3.63, 3.8) is 0 Å². The van der Waals surface area contributed by atoms with Crippen LogP contribution in [0.2, 0.25) is 0 Å². The molecule has 0 bridgehead atoms. The van der Waals surface area contributed by atoms with Crippen molar-refractivity contribution in [2.24, 2.45) is 0 Å². The van der Waals surface area contributed by atoms with Crippen LogP contribution in [0.15, 0.2) is 16.5 Å². The lowest BCUT2D eigenvalue weighted by Gasteiger charge is -2.08. The molecule has 14 heavy (non-hydrogen) atoms. The standard InChI is InChI=1S/C11H12N2O/c1-3-4-9(2)13-8-11-6-5-10(7-12)14-11/h1,5-6,9,13H,4,8H2,2H3. The zero-order chi connectivity index (χ0) is 10.4. The number of terminal acetylenes is 1. The Balaban J connectivity index is 2.39. The van der Waals surface area contributed by atoms with Crippen LogP contribution in [-0.2, 0) is 6.54 Å². The monoisotopic (exact) mass is 188 g/mol. The Morgan fingerprint density at radius 1 is 1.64 bits per heavy atom. The summed E-state index contributed by atoms with van der Waals surface area (Å²) < 4.78 is 5.19. The Morgan fingerprint density at radius 3 is 3.00 bits per heavy atom. The summed E-state index contributed by atoms with van der Waals surface area (Å²) in [6.07, 6.45) is 5.85. The SMILES string of the molecule is C#CCC(C)NCc1ccc(C#N)o1. The average Bonchev–Trinajstić information content (AvgIpc) is 2.63. The normalized spacial score (nSPS) is 11.6. The van der Waals surface area contributed by atoms with E-state index in [4.69, 9.17) is 16.1 Å². The first kappa shape index (κ1) is 10.4. The fourth-order valence-electron chi connectivity index (χ4n) is 1.06. The number of hydrogen-bond acceptors (Lipinski definition) is 3. The van der Waals surface area contributed by atoms with Crippen LogP contribution in [0.3, 0.4) is 0 Å². The summed E-state index contributed by atoms with van der Waals surface area (Å²) in [4.78, 5) is 0. The Kier molecular flexibility index (Phi) is 3.79. The van der Waals surface area contributed by atoms with Crippen LogP contribution in [0.5, 0.6) is 0 Å². The summed E-state index contributed by atoms with van der Waals surface area (Å²) in [6, 6.07) is 5.63. The number of furan rings is 1. The number of nitriles is 1. The van der Waals surface area contributed by atoms with E-state index in [1.165, 1.54) is 0 Å². The zero-order valence-corrected chi connectivity index (χ0v) is 8.08. The molecule has 72 valence electrons. The lowest BCUT2D eigenvalue weighted by atomic mass is 10.2. The van der Waals surface area contributed by atoms with Crippen LogP contribution < -0.4 is 5.32 Å². The van der Waals surface area contributed by atoms with E-state index in [1.807, 2.05) is 13.0 Å². The van der Waals surface area contributed by atoms with Gasteiger partial charge in [-0.25, -0.2) is 0 Å². The summed E-state index contributed by atoms with van der Waals surface area (Å²) in [6.45, 7) is 2.61. The van der Waals surface area contributed by atoms with Gasteiger partial charge in [-0.05, 0) is 19.1 Å². The van der Waals surface area contributed by atoms with E-state index in [0.717, 1.165) is 5.76 Å². The Morgan fingerprint density at radius 2 is 2.43 bits per heavy atom. The highest BCUT2D eigenvalue weighted by Crippen LogP contribution is 2.06. The average molecular weight is 188 g/mol. The van der Waals surface area contributed by atoms with Gasteiger partial charge < -0.3 is 9.73 Å². The molecular weight excluding hydrogens is 176 g/mol. The van der Waals surface area contributed by atoms with E-state index in [2.05, 4.69) is 11.2 Å². The van der Waals surface area contributed by atoms with E-state index >= 15 is 0 Å². The first-order valence-electron chi connectivity index (χ1n) is 4.42. The number of hydrogen-bond donors (Lipinski definition) is 1. The third-order valence-corrected chi connectivity index (χ3v) is 1.82. The summed E-state index contributed by atoms with van der Waals surface area (Å²) in [5.41, 5.74) is 0. The summed E-state index contributed by atoms with van der Waals surface area (Å²) >= 11 is 0. The molecule has 0 fully saturated rings. The van der Waals surface area contributed by atoms with Gasteiger partial charge in [0, 0.05) is 12.5 Å². The number of nitrogens with zero attached hydrogens (tertiary/aromatic N) is 1. The topological polar surface area (TPSA) is 49.0 Å². The molecule has 1 rings (SSSR count). The highest BCUT2D eigenvalue weighted by Gasteiger charge is 2.03. The first-order chi connectivity index (χ1) is 6.76. The van der Waals surface area contributed by atoms with E-state index in [-0.39, 0.29) is 6.04 Å². The van der Waals surface area contributed by atoms with Crippen LogP contribution in [0.4, 0.5) is 0 Å². The van der Waals surface area contributed by atoms with Gasteiger partial charge in [-0.1, -0.05) is 0 Å². The van der Waals surface area contributed by atoms with E-state index in [1.54, 1.807) is 12.1 Å². The molecule has 1 unspecified atom stereocenters. The molecule has 0 aliphatic heterocycles. The lowest BCUT2D eigenvalue weighted by molar-refractivity contribution is 0.451. The third-order valence-electron chi connectivity index (χ3n) is 1.82. The van der Waals surface area contributed by atoms with E-state index in [0.29, 0.717) is 18.7 Å². The van der Waals surface area contributed by atoms with Gasteiger partial charge in [0.2, 0.25) is 5.76 Å². The summed E-state index contributed by atoms with van der Waals surface area (Å²) in [5, 5.41) is 11.7. The molecule has 1 aromatic heterocycles. The molecule has 0 aromatic carbocycles. The van der Waals surface area contributed by atoms with Gasteiger partial charge in [0.25, 0.3) is 0 Å². The molecule has 0 aliphatic rings. The maximum absolute atomic E-state index is 8.52. The van der Waals surface area contributed by atoms with Crippen molar-refractivity contribution in [1.29, 1.82) is 5.26 Å². The van der Waals surface area contributed by atoms with Gasteiger partial charge in [-0.2, -0.15) is 5.26 Å². The molecule has 0 saturated heterocycles. The van der Waals surface area contributed by atoms with Crippen molar-refractivity contribution < 1.29 is 4.42 Å². The molecular formula is C11H12N2O. The molecule has 0 spiro atoms. The Hall–Kier alpha value is -1.71. The first-order valence-corrected chi connectivity index (χ1v) is 4.42. The Bertz CT molecular complexity index is 367. The molecule has 0 saturated carbocycles. The largest absolute Gasteiger partial charge is 0.449 e. The second-order valence-corrected chi connectivity index (χ2v) is 3.07. The predicted octanol–water partition coefficient (Wildman–Crippen LogP) is 1.65. The van der Waals surface area contributed by atoms with Crippen molar-refractivity contribution >= 4 is 0 Å². The van der Waals surface area contributed by atoms with Crippen LogP contribution in [0.1, 0.15) is 24.9 Å². The van der Waals surface area contributed by atoms with Crippen molar-refractivity contribution in [3.05, 3.63) is 23.7 Å². The minimum atomic E-state index is 0.260. The van der Waals surface area contributed by atoms with Gasteiger partial charge in [-0.3, -0.25) is 0 Å².